The van der Waals surface area contributed by atoms with Gasteiger partial charge in [0, 0.05) is 5.69 Å². The van der Waals surface area contributed by atoms with Gasteiger partial charge in [0.1, 0.15) is 5.82 Å². The highest BCUT2D eigenvalue weighted by Gasteiger charge is 2.15. The number of carbonyl (C=O) groups is 1. The summed E-state index contributed by atoms with van der Waals surface area (Å²) >= 11 is 3.30. The summed E-state index contributed by atoms with van der Waals surface area (Å²) < 4.78 is 13.4. The van der Waals surface area contributed by atoms with Crippen LogP contribution in [-0.2, 0) is 0 Å². The van der Waals surface area contributed by atoms with Crippen molar-refractivity contribution in [3.63, 3.8) is 0 Å². The Labute approximate surface area is 125 Å². The van der Waals surface area contributed by atoms with E-state index in [2.05, 4.69) is 21.2 Å². The van der Waals surface area contributed by atoms with Crippen LogP contribution in [0.2, 0.25) is 0 Å². The number of nitrogens with one attached hydrogen (secondary N) is 1. The Morgan fingerprint density at radius 3 is 2.55 bits per heavy atom. The molecular weight excluding hydrogens is 323 g/mol. The van der Waals surface area contributed by atoms with Crippen LogP contribution in [0.3, 0.4) is 0 Å². The van der Waals surface area contributed by atoms with Crippen molar-refractivity contribution >= 4 is 27.5 Å². The summed E-state index contributed by atoms with van der Waals surface area (Å²) in [6, 6.07) is 10.9. The van der Waals surface area contributed by atoms with Gasteiger partial charge in [0.05, 0.1) is 16.1 Å². The molecule has 1 amide bonds. The first-order valence-electron chi connectivity index (χ1n) is 6.09. The highest BCUT2D eigenvalue weighted by atomic mass is 79.9. The van der Waals surface area contributed by atoms with Gasteiger partial charge in [-0.25, -0.2) is 4.39 Å². The minimum absolute atomic E-state index is 0.226. The molecule has 2 aromatic rings. The molecule has 1 atom stereocenters. The zero-order chi connectivity index (χ0) is 14.7. The maximum atomic E-state index is 12.9. The van der Waals surface area contributed by atoms with Crippen LogP contribution in [0.25, 0.3) is 0 Å². The molecule has 0 aliphatic heterocycles. The van der Waals surface area contributed by atoms with E-state index in [0.717, 1.165) is 5.56 Å². The standard InChI is InChI=1S/C15H14BrFN2O/c1-9(10-5-7-11(17)8-6-10)19-15(20)12-3-2-4-13(18)14(12)16/h2-9H,18H2,1H3,(H,19,20). The quantitative estimate of drug-likeness (QED) is 0.840. The minimum Gasteiger partial charge on any atom is -0.398 e. The fraction of sp³-hybridized carbons (Fsp3) is 0.133. The van der Waals surface area contributed by atoms with Crippen LogP contribution in [-0.4, -0.2) is 5.91 Å². The molecule has 0 heterocycles. The highest BCUT2D eigenvalue weighted by molar-refractivity contribution is 9.10. The Bertz CT molecular complexity index is 628. The topological polar surface area (TPSA) is 55.1 Å². The average Bonchev–Trinajstić information content (AvgIpc) is 2.42. The number of anilines is 1. The molecule has 0 fully saturated rings. The second kappa shape index (κ2) is 6.05. The summed E-state index contributed by atoms with van der Waals surface area (Å²) in [5.41, 5.74) is 7.56. The van der Waals surface area contributed by atoms with Crippen molar-refractivity contribution in [1.82, 2.24) is 5.32 Å². The number of carbonyl (C=O) groups excluding carboxylic acids is 1. The van der Waals surface area contributed by atoms with Crippen LogP contribution in [0.4, 0.5) is 10.1 Å². The van der Waals surface area contributed by atoms with Crippen molar-refractivity contribution in [1.29, 1.82) is 0 Å². The summed E-state index contributed by atoms with van der Waals surface area (Å²) in [5.74, 6) is -0.535. The van der Waals surface area contributed by atoms with Crippen LogP contribution >= 0.6 is 15.9 Å². The lowest BCUT2D eigenvalue weighted by atomic mass is 10.1. The number of nitrogen functional groups attached to an aromatic ring is 1. The first kappa shape index (κ1) is 14.5. The highest BCUT2D eigenvalue weighted by Crippen LogP contribution is 2.24. The maximum Gasteiger partial charge on any atom is 0.252 e. The number of hydrogen-bond acceptors (Lipinski definition) is 2. The summed E-state index contributed by atoms with van der Waals surface area (Å²) in [6.45, 7) is 1.84. The van der Waals surface area contributed by atoms with E-state index >= 15 is 0 Å². The summed E-state index contributed by atoms with van der Waals surface area (Å²) in [7, 11) is 0. The van der Waals surface area contributed by atoms with Crippen molar-refractivity contribution < 1.29 is 9.18 Å². The van der Waals surface area contributed by atoms with Crippen molar-refractivity contribution in [3.05, 3.63) is 63.9 Å². The number of halogens is 2. The Kier molecular flexibility index (Phi) is 4.39. The summed E-state index contributed by atoms with van der Waals surface area (Å²) in [4.78, 5) is 12.2. The Balaban J connectivity index is 2.15. The molecule has 0 spiro atoms. The largest absolute Gasteiger partial charge is 0.398 e. The van der Waals surface area contributed by atoms with Crippen molar-refractivity contribution in [2.24, 2.45) is 0 Å². The fourth-order valence-corrected chi connectivity index (χ4v) is 2.28. The van der Waals surface area contributed by atoms with Crippen molar-refractivity contribution in [2.75, 3.05) is 5.73 Å². The third-order valence-corrected chi connectivity index (χ3v) is 3.88. The van der Waals surface area contributed by atoms with Gasteiger partial charge in [-0.3, -0.25) is 4.79 Å². The van der Waals surface area contributed by atoms with Gasteiger partial charge in [0.15, 0.2) is 0 Å². The number of rotatable bonds is 3. The number of hydrogen-bond donors (Lipinski definition) is 2. The van der Waals surface area contributed by atoms with E-state index in [1.165, 1.54) is 12.1 Å². The van der Waals surface area contributed by atoms with Crippen LogP contribution in [0.5, 0.6) is 0 Å². The first-order chi connectivity index (χ1) is 9.49. The van der Waals surface area contributed by atoms with Crippen LogP contribution in [0.15, 0.2) is 46.9 Å². The van der Waals surface area contributed by atoms with Gasteiger partial charge < -0.3 is 11.1 Å². The van der Waals surface area contributed by atoms with Gasteiger partial charge in [0.25, 0.3) is 5.91 Å². The fourth-order valence-electron chi connectivity index (χ4n) is 1.83. The van der Waals surface area contributed by atoms with Crippen LogP contribution < -0.4 is 11.1 Å². The molecule has 1 unspecified atom stereocenters. The molecule has 0 aromatic heterocycles. The summed E-state index contributed by atoms with van der Waals surface area (Å²) in [6.07, 6.45) is 0. The number of nitrogens with two attached hydrogens (primary N) is 1. The predicted octanol–water partition coefficient (Wildman–Crippen LogP) is 3.66. The lowest BCUT2D eigenvalue weighted by Crippen LogP contribution is -2.27. The van der Waals surface area contributed by atoms with E-state index in [-0.39, 0.29) is 17.8 Å². The van der Waals surface area contributed by atoms with Gasteiger partial charge >= 0.3 is 0 Å². The first-order valence-corrected chi connectivity index (χ1v) is 6.88. The molecule has 0 radical (unpaired) electrons. The SMILES string of the molecule is CC(NC(=O)c1cccc(N)c1Br)c1ccc(F)cc1. The van der Waals surface area contributed by atoms with E-state index in [4.69, 9.17) is 5.73 Å². The Hall–Kier alpha value is -1.88. The van der Waals surface area contributed by atoms with Gasteiger partial charge in [-0.1, -0.05) is 18.2 Å². The Morgan fingerprint density at radius 1 is 1.25 bits per heavy atom. The lowest BCUT2D eigenvalue weighted by Gasteiger charge is -2.15. The van der Waals surface area contributed by atoms with Crippen LogP contribution in [0, 0.1) is 5.82 Å². The number of amides is 1. The molecule has 0 bridgehead atoms. The van der Waals surface area contributed by atoms with Crippen molar-refractivity contribution in [3.8, 4) is 0 Å². The van der Waals surface area contributed by atoms with Gasteiger partial charge in [0.2, 0.25) is 0 Å². The molecular formula is C15H14BrFN2O. The third-order valence-electron chi connectivity index (χ3n) is 2.99. The second-order valence-corrected chi connectivity index (χ2v) is 5.25. The van der Waals surface area contributed by atoms with Crippen molar-refractivity contribution in [2.45, 2.75) is 13.0 Å². The molecule has 3 N–H and O–H groups in total. The molecule has 2 rings (SSSR count). The zero-order valence-electron chi connectivity index (χ0n) is 10.9. The van der Waals surface area contributed by atoms with E-state index in [0.29, 0.717) is 15.7 Å². The zero-order valence-corrected chi connectivity index (χ0v) is 12.4. The van der Waals surface area contributed by atoms with Crippen LogP contribution in [0.1, 0.15) is 28.9 Å². The maximum absolute atomic E-state index is 12.9. The normalized spacial score (nSPS) is 11.9. The van der Waals surface area contributed by atoms with E-state index in [1.807, 2.05) is 6.92 Å². The van der Waals surface area contributed by atoms with Gasteiger partial charge in [-0.05, 0) is 52.7 Å². The molecule has 20 heavy (non-hydrogen) atoms. The Morgan fingerprint density at radius 2 is 1.90 bits per heavy atom. The minimum atomic E-state index is -0.300. The molecule has 104 valence electrons. The molecule has 0 aliphatic rings. The molecule has 0 saturated carbocycles. The van der Waals surface area contributed by atoms with E-state index in [1.54, 1.807) is 30.3 Å². The molecule has 5 heteroatoms. The molecule has 0 aliphatic carbocycles. The number of benzene rings is 2. The molecule has 3 nitrogen and oxygen atoms in total. The smallest absolute Gasteiger partial charge is 0.252 e. The average molecular weight is 337 g/mol. The third kappa shape index (κ3) is 3.17. The predicted molar refractivity (Wildman–Crippen MR) is 80.8 cm³/mol. The van der Waals surface area contributed by atoms with Gasteiger partial charge in [-0.2, -0.15) is 0 Å². The lowest BCUT2D eigenvalue weighted by molar-refractivity contribution is 0.0939. The van der Waals surface area contributed by atoms with Gasteiger partial charge in [-0.15, -0.1) is 0 Å². The molecule has 2 aromatic carbocycles. The molecule has 0 saturated heterocycles. The summed E-state index contributed by atoms with van der Waals surface area (Å²) in [5, 5.41) is 2.85. The van der Waals surface area contributed by atoms with E-state index < -0.39 is 0 Å². The van der Waals surface area contributed by atoms with E-state index in [9.17, 15) is 9.18 Å². The monoisotopic (exact) mass is 336 g/mol. The second-order valence-electron chi connectivity index (χ2n) is 4.46.